The molecule has 1 aliphatic heterocycles. The number of para-hydroxylation sites is 4. The molecule has 7 nitrogen and oxygen atoms in total. The van der Waals surface area contributed by atoms with Gasteiger partial charge in [0.15, 0.2) is 0 Å². The fraction of sp³-hybridized carbons (Fsp3) is 0.286. The SMILES string of the molecule is COc1ccccc1N1CCN(C(=O)Cn2c(=O)cnc3ccccc32)CC1. The Hall–Kier alpha value is -3.35. The third kappa shape index (κ3) is 3.43. The van der Waals surface area contributed by atoms with E-state index in [9.17, 15) is 9.59 Å². The minimum absolute atomic E-state index is 0.0243. The second-order valence-corrected chi connectivity index (χ2v) is 6.71. The van der Waals surface area contributed by atoms with E-state index in [0.717, 1.165) is 24.5 Å². The minimum atomic E-state index is -0.264. The van der Waals surface area contributed by atoms with E-state index in [0.29, 0.717) is 24.1 Å². The Labute approximate surface area is 162 Å². The summed E-state index contributed by atoms with van der Waals surface area (Å²) in [7, 11) is 1.66. The second-order valence-electron chi connectivity index (χ2n) is 6.71. The summed E-state index contributed by atoms with van der Waals surface area (Å²) in [5.41, 5.74) is 2.15. The molecule has 1 amide bonds. The molecule has 0 saturated carbocycles. The fourth-order valence-electron chi connectivity index (χ4n) is 3.60. The average Bonchev–Trinajstić information content (AvgIpc) is 2.75. The van der Waals surface area contributed by atoms with Crippen LogP contribution in [0.5, 0.6) is 5.75 Å². The number of anilines is 1. The maximum absolute atomic E-state index is 12.8. The van der Waals surface area contributed by atoms with E-state index < -0.39 is 0 Å². The van der Waals surface area contributed by atoms with Crippen LogP contribution in [0.25, 0.3) is 11.0 Å². The predicted molar refractivity (Wildman–Crippen MR) is 108 cm³/mol. The summed E-state index contributed by atoms with van der Waals surface area (Å²) in [6.45, 7) is 2.68. The van der Waals surface area contributed by atoms with Gasteiger partial charge >= 0.3 is 0 Å². The lowest BCUT2D eigenvalue weighted by Crippen LogP contribution is -2.50. The van der Waals surface area contributed by atoms with E-state index in [4.69, 9.17) is 4.74 Å². The Morgan fingerprint density at radius 3 is 2.54 bits per heavy atom. The van der Waals surface area contributed by atoms with Gasteiger partial charge in [0.25, 0.3) is 5.56 Å². The number of piperazine rings is 1. The molecule has 7 heteroatoms. The number of carbonyl (C=O) groups is 1. The topological polar surface area (TPSA) is 67.7 Å². The first-order valence-electron chi connectivity index (χ1n) is 9.27. The van der Waals surface area contributed by atoms with Crippen LogP contribution in [0.4, 0.5) is 5.69 Å². The maximum atomic E-state index is 12.8. The van der Waals surface area contributed by atoms with Gasteiger partial charge in [0.05, 0.1) is 30.0 Å². The number of carbonyl (C=O) groups excluding carboxylic acids is 1. The van der Waals surface area contributed by atoms with Gasteiger partial charge < -0.3 is 14.5 Å². The summed E-state index contributed by atoms with van der Waals surface area (Å²) < 4.78 is 6.94. The monoisotopic (exact) mass is 378 g/mol. The summed E-state index contributed by atoms with van der Waals surface area (Å²) >= 11 is 0. The number of ether oxygens (including phenoxy) is 1. The Morgan fingerprint density at radius 2 is 1.75 bits per heavy atom. The van der Waals surface area contributed by atoms with Gasteiger partial charge in [0, 0.05) is 26.2 Å². The van der Waals surface area contributed by atoms with Gasteiger partial charge in [-0.25, -0.2) is 4.98 Å². The molecule has 2 heterocycles. The van der Waals surface area contributed by atoms with Crippen molar-refractivity contribution in [3.8, 4) is 5.75 Å². The molecule has 1 saturated heterocycles. The number of amides is 1. The number of nitrogens with zero attached hydrogens (tertiary/aromatic N) is 4. The quantitative estimate of drug-likeness (QED) is 0.692. The van der Waals surface area contributed by atoms with Crippen LogP contribution in [0.15, 0.2) is 59.5 Å². The van der Waals surface area contributed by atoms with Crippen LogP contribution in [-0.4, -0.2) is 53.6 Å². The number of rotatable bonds is 4. The lowest BCUT2D eigenvalue weighted by atomic mass is 10.2. The molecular formula is C21H22N4O3. The Bertz CT molecular complexity index is 1050. The first-order valence-corrected chi connectivity index (χ1v) is 9.27. The van der Waals surface area contributed by atoms with Crippen molar-refractivity contribution in [1.82, 2.24) is 14.5 Å². The van der Waals surface area contributed by atoms with Crippen LogP contribution in [0, 0.1) is 0 Å². The Morgan fingerprint density at radius 1 is 1.04 bits per heavy atom. The van der Waals surface area contributed by atoms with E-state index in [1.54, 1.807) is 7.11 Å². The van der Waals surface area contributed by atoms with E-state index >= 15 is 0 Å². The van der Waals surface area contributed by atoms with E-state index in [1.807, 2.05) is 53.4 Å². The summed E-state index contributed by atoms with van der Waals surface area (Å²) in [5.74, 6) is 0.773. The zero-order chi connectivity index (χ0) is 19.5. The fourth-order valence-corrected chi connectivity index (χ4v) is 3.60. The van der Waals surface area contributed by atoms with Crippen LogP contribution in [0.1, 0.15) is 0 Å². The highest BCUT2D eigenvalue weighted by molar-refractivity contribution is 5.80. The normalized spacial score (nSPS) is 14.3. The van der Waals surface area contributed by atoms with Crippen molar-refractivity contribution < 1.29 is 9.53 Å². The molecule has 2 aromatic carbocycles. The van der Waals surface area contributed by atoms with Crippen molar-refractivity contribution in [2.45, 2.75) is 6.54 Å². The molecular weight excluding hydrogens is 356 g/mol. The standard InChI is InChI=1S/C21H22N4O3/c1-28-19-9-5-4-8-18(19)23-10-12-24(13-11-23)21(27)15-25-17-7-3-2-6-16(17)22-14-20(25)26/h2-9,14H,10-13,15H2,1H3. The lowest BCUT2D eigenvalue weighted by Gasteiger charge is -2.36. The van der Waals surface area contributed by atoms with Gasteiger partial charge in [-0.05, 0) is 24.3 Å². The van der Waals surface area contributed by atoms with Crippen molar-refractivity contribution in [3.05, 3.63) is 65.1 Å². The molecule has 4 rings (SSSR count). The highest BCUT2D eigenvalue weighted by Gasteiger charge is 2.23. The van der Waals surface area contributed by atoms with Crippen molar-refractivity contribution in [2.24, 2.45) is 0 Å². The molecule has 1 aliphatic rings. The van der Waals surface area contributed by atoms with Crippen molar-refractivity contribution in [1.29, 1.82) is 0 Å². The number of benzene rings is 2. The van der Waals surface area contributed by atoms with Crippen LogP contribution >= 0.6 is 0 Å². The second kappa shape index (κ2) is 7.72. The van der Waals surface area contributed by atoms with Crippen LogP contribution in [-0.2, 0) is 11.3 Å². The zero-order valence-corrected chi connectivity index (χ0v) is 15.7. The van der Waals surface area contributed by atoms with Crippen LogP contribution in [0.3, 0.4) is 0 Å². The van der Waals surface area contributed by atoms with Crippen molar-refractivity contribution in [2.75, 3.05) is 38.2 Å². The molecule has 1 fully saturated rings. The molecule has 0 aliphatic carbocycles. The van der Waals surface area contributed by atoms with E-state index in [-0.39, 0.29) is 18.0 Å². The number of aromatic nitrogens is 2. The lowest BCUT2D eigenvalue weighted by molar-refractivity contribution is -0.132. The Kier molecular flexibility index (Phi) is 4.97. The number of hydrogen-bond donors (Lipinski definition) is 0. The van der Waals surface area contributed by atoms with Crippen LogP contribution in [0.2, 0.25) is 0 Å². The molecule has 0 unspecified atom stereocenters. The van der Waals surface area contributed by atoms with Gasteiger partial charge in [0.1, 0.15) is 12.3 Å². The largest absolute Gasteiger partial charge is 0.495 e. The molecule has 0 N–H and O–H groups in total. The van der Waals surface area contributed by atoms with Gasteiger partial charge in [-0.1, -0.05) is 24.3 Å². The number of hydrogen-bond acceptors (Lipinski definition) is 5. The third-order valence-corrected chi connectivity index (χ3v) is 5.10. The summed E-state index contributed by atoms with van der Waals surface area (Å²) in [6, 6.07) is 15.2. The van der Waals surface area contributed by atoms with Gasteiger partial charge in [-0.3, -0.25) is 14.2 Å². The van der Waals surface area contributed by atoms with E-state index in [1.165, 1.54) is 10.8 Å². The first kappa shape index (κ1) is 18.0. The highest BCUT2D eigenvalue weighted by atomic mass is 16.5. The summed E-state index contributed by atoms with van der Waals surface area (Å²) in [5, 5.41) is 0. The molecule has 1 aromatic heterocycles. The molecule has 3 aromatic rings. The number of fused-ring (bicyclic) bond motifs is 1. The van der Waals surface area contributed by atoms with Gasteiger partial charge in [0.2, 0.25) is 5.91 Å². The summed E-state index contributed by atoms with van der Waals surface area (Å²) in [4.78, 5) is 33.3. The number of methoxy groups -OCH3 is 1. The molecule has 28 heavy (non-hydrogen) atoms. The molecule has 0 radical (unpaired) electrons. The molecule has 0 bridgehead atoms. The molecule has 144 valence electrons. The first-order chi connectivity index (χ1) is 13.7. The molecule has 0 spiro atoms. The van der Waals surface area contributed by atoms with E-state index in [2.05, 4.69) is 9.88 Å². The van der Waals surface area contributed by atoms with Gasteiger partial charge in [-0.2, -0.15) is 0 Å². The molecule has 0 atom stereocenters. The summed E-state index contributed by atoms with van der Waals surface area (Å²) in [6.07, 6.45) is 1.27. The maximum Gasteiger partial charge on any atom is 0.269 e. The van der Waals surface area contributed by atoms with Crippen molar-refractivity contribution in [3.63, 3.8) is 0 Å². The van der Waals surface area contributed by atoms with Crippen molar-refractivity contribution >= 4 is 22.6 Å². The van der Waals surface area contributed by atoms with Gasteiger partial charge in [-0.15, -0.1) is 0 Å². The average molecular weight is 378 g/mol. The third-order valence-electron chi connectivity index (χ3n) is 5.10. The highest BCUT2D eigenvalue weighted by Crippen LogP contribution is 2.28. The zero-order valence-electron chi connectivity index (χ0n) is 15.7. The smallest absolute Gasteiger partial charge is 0.269 e. The predicted octanol–water partition coefficient (Wildman–Crippen LogP) is 1.75. The minimum Gasteiger partial charge on any atom is -0.495 e. The van der Waals surface area contributed by atoms with Crippen LogP contribution < -0.4 is 15.2 Å². The Balaban J connectivity index is 1.47.